The number of aryl methyl sites for hydroxylation is 2. The smallest absolute Gasteiger partial charge is 0.276 e. The maximum Gasteiger partial charge on any atom is 0.276 e. The number of H-pyrrole nitrogens is 2. The zero-order valence-corrected chi connectivity index (χ0v) is 15.1. The van der Waals surface area contributed by atoms with Gasteiger partial charge in [0.15, 0.2) is 5.69 Å². The summed E-state index contributed by atoms with van der Waals surface area (Å²) in [5, 5.41) is 10.5. The number of fused-ring (bicyclic) bond motifs is 1. The van der Waals surface area contributed by atoms with Gasteiger partial charge in [-0.05, 0) is 56.7 Å². The van der Waals surface area contributed by atoms with Gasteiger partial charge in [0.05, 0.1) is 11.9 Å². The van der Waals surface area contributed by atoms with Crippen LogP contribution in [0.15, 0.2) is 36.5 Å². The van der Waals surface area contributed by atoms with Crippen LogP contribution in [0, 0.1) is 26.6 Å². The number of nitrogens with zero attached hydrogens (tertiary/aromatic N) is 2. The van der Waals surface area contributed by atoms with Crippen molar-refractivity contribution in [3.63, 3.8) is 0 Å². The zero-order chi connectivity index (χ0) is 19.1. The topological polar surface area (TPSA) is 86.5 Å². The molecule has 0 spiro atoms. The van der Waals surface area contributed by atoms with E-state index in [4.69, 9.17) is 0 Å². The Labute approximate surface area is 154 Å². The third-order valence-corrected chi connectivity index (χ3v) is 4.67. The van der Waals surface area contributed by atoms with Crippen molar-refractivity contribution < 1.29 is 9.18 Å². The molecule has 4 rings (SSSR count). The molecule has 136 valence electrons. The molecule has 0 aliphatic carbocycles. The van der Waals surface area contributed by atoms with Gasteiger partial charge in [-0.1, -0.05) is 0 Å². The van der Waals surface area contributed by atoms with Crippen LogP contribution in [-0.4, -0.2) is 26.1 Å². The summed E-state index contributed by atoms with van der Waals surface area (Å²) in [6.07, 6.45) is 1.59. The molecule has 0 fully saturated rings. The van der Waals surface area contributed by atoms with Gasteiger partial charge in [0, 0.05) is 27.9 Å². The lowest BCUT2D eigenvalue weighted by atomic mass is 10.1. The summed E-state index contributed by atoms with van der Waals surface area (Å²) in [7, 11) is 0. The third-order valence-electron chi connectivity index (χ3n) is 4.67. The number of nitrogens with one attached hydrogen (secondary N) is 3. The summed E-state index contributed by atoms with van der Waals surface area (Å²) in [5.41, 5.74) is 5.90. The number of halogens is 1. The van der Waals surface area contributed by atoms with Crippen molar-refractivity contribution in [2.24, 2.45) is 0 Å². The molecule has 3 heterocycles. The summed E-state index contributed by atoms with van der Waals surface area (Å²) < 4.78 is 13.3. The van der Waals surface area contributed by atoms with E-state index in [0.717, 1.165) is 33.5 Å². The summed E-state index contributed by atoms with van der Waals surface area (Å²) in [5.74, 6) is -0.553. The fourth-order valence-corrected chi connectivity index (χ4v) is 3.05. The van der Waals surface area contributed by atoms with Gasteiger partial charge in [-0.15, -0.1) is 0 Å². The molecule has 27 heavy (non-hydrogen) atoms. The maximum atomic E-state index is 13.3. The Morgan fingerprint density at radius 3 is 2.67 bits per heavy atom. The minimum Gasteiger partial charge on any atom is -0.339 e. The largest absolute Gasteiger partial charge is 0.339 e. The van der Waals surface area contributed by atoms with Crippen molar-refractivity contribution in [3.8, 4) is 11.3 Å². The third kappa shape index (κ3) is 3.08. The molecule has 0 aliphatic heterocycles. The van der Waals surface area contributed by atoms with Crippen LogP contribution in [0.1, 0.15) is 27.3 Å². The zero-order valence-electron chi connectivity index (χ0n) is 15.1. The van der Waals surface area contributed by atoms with E-state index in [1.807, 2.05) is 32.9 Å². The lowest BCUT2D eigenvalue weighted by Crippen LogP contribution is -2.13. The first-order chi connectivity index (χ1) is 12.9. The van der Waals surface area contributed by atoms with Gasteiger partial charge in [0.2, 0.25) is 0 Å². The molecule has 0 radical (unpaired) electrons. The molecule has 6 nitrogen and oxygen atoms in total. The van der Waals surface area contributed by atoms with E-state index < -0.39 is 0 Å². The Morgan fingerprint density at radius 2 is 1.96 bits per heavy atom. The first-order valence-corrected chi connectivity index (χ1v) is 8.50. The monoisotopic (exact) mass is 363 g/mol. The number of aromatic amines is 2. The molecule has 4 aromatic rings. The molecule has 0 bridgehead atoms. The highest BCUT2D eigenvalue weighted by atomic mass is 19.1. The fraction of sp³-hybridized carbons (Fsp3) is 0.150. The number of aromatic nitrogens is 4. The summed E-state index contributed by atoms with van der Waals surface area (Å²) in [6.45, 7) is 5.57. The van der Waals surface area contributed by atoms with Crippen molar-refractivity contribution in [2.45, 2.75) is 20.8 Å². The molecule has 0 atom stereocenters. The molecule has 7 heteroatoms. The van der Waals surface area contributed by atoms with Crippen LogP contribution in [-0.2, 0) is 0 Å². The number of anilines is 1. The van der Waals surface area contributed by atoms with Gasteiger partial charge in [-0.3, -0.25) is 9.89 Å². The van der Waals surface area contributed by atoms with E-state index >= 15 is 0 Å². The predicted molar refractivity (Wildman–Crippen MR) is 102 cm³/mol. The summed E-state index contributed by atoms with van der Waals surface area (Å²) in [6, 6.07) is 8.44. The highest BCUT2D eigenvalue weighted by Crippen LogP contribution is 2.27. The van der Waals surface area contributed by atoms with Gasteiger partial charge in [0.1, 0.15) is 11.5 Å². The van der Waals surface area contributed by atoms with Crippen molar-refractivity contribution >= 4 is 22.6 Å². The van der Waals surface area contributed by atoms with Crippen LogP contribution in [0.3, 0.4) is 0 Å². The van der Waals surface area contributed by atoms with Gasteiger partial charge >= 0.3 is 0 Å². The molecule has 0 unspecified atom stereocenters. The van der Waals surface area contributed by atoms with Gasteiger partial charge in [-0.25, -0.2) is 9.37 Å². The molecule has 0 saturated heterocycles. The number of pyridine rings is 1. The lowest BCUT2D eigenvalue weighted by Gasteiger charge is -2.03. The molecule has 1 aromatic carbocycles. The van der Waals surface area contributed by atoms with E-state index in [0.29, 0.717) is 17.0 Å². The van der Waals surface area contributed by atoms with Crippen LogP contribution in [0.4, 0.5) is 10.1 Å². The SMILES string of the molecule is Cc1cc(F)ccc1-c1cc2cc(NC(=O)c3n[nH]c(C)c3C)cnc2[nH]1. The van der Waals surface area contributed by atoms with Crippen molar-refractivity contribution in [2.75, 3.05) is 5.32 Å². The van der Waals surface area contributed by atoms with Crippen molar-refractivity contribution in [1.29, 1.82) is 0 Å². The minimum atomic E-state index is -0.289. The number of benzene rings is 1. The molecule has 0 aliphatic rings. The van der Waals surface area contributed by atoms with Crippen LogP contribution in [0.2, 0.25) is 0 Å². The number of amides is 1. The van der Waals surface area contributed by atoms with E-state index in [9.17, 15) is 9.18 Å². The Kier molecular flexibility index (Phi) is 3.99. The highest BCUT2D eigenvalue weighted by Gasteiger charge is 2.15. The minimum absolute atomic E-state index is 0.264. The van der Waals surface area contributed by atoms with Gasteiger partial charge < -0.3 is 10.3 Å². The van der Waals surface area contributed by atoms with Crippen LogP contribution in [0.25, 0.3) is 22.3 Å². The summed E-state index contributed by atoms with van der Waals surface area (Å²) in [4.78, 5) is 20.0. The van der Waals surface area contributed by atoms with Gasteiger partial charge in [0.25, 0.3) is 5.91 Å². The Bertz CT molecular complexity index is 1170. The second-order valence-corrected chi connectivity index (χ2v) is 6.58. The fourth-order valence-electron chi connectivity index (χ4n) is 3.05. The normalized spacial score (nSPS) is 11.1. The molecule has 3 aromatic heterocycles. The predicted octanol–water partition coefficient (Wildman–Crippen LogP) is 4.27. The van der Waals surface area contributed by atoms with E-state index in [1.54, 1.807) is 12.3 Å². The first kappa shape index (κ1) is 17.0. The van der Waals surface area contributed by atoms with E-state index in [-0.39, 0.29) is 11.7 Å². The van der Waals surface area contributed by atoms with Crippen LogP contribution >= 0.6 is 0 Å². The maximum absolute atomic E-state index is 13.3. The number of carbonyl (C=O) groups excluding carboxylic acids is 1. The first-order valence-electron chi connectivity index (χ1n) is 8.50. The molecule has 3 N–H and O–H groups in total. The molecular formula is C20H18FN5O. The number of carbonyl (C=O) groups is 1. The van der Waals surface area contributed by atoms with E-state index in [1.165, 1.54) is 12.1 Å². The summed E-state index contributed by atoms with van der Waals surface area (Å²) >= 11 is 0. The van der Waals surface area contributed by atoms with Crippen LogP contribution < -0.4 is 5.32 Å². The Balaban J connectivity index is 1.65. The quantitative estimate of drug-likeness (QED) is 0.508. The second-order valence-electron chi connectivity index (χ2n) is 6.58. The Hall–Kier alpha value is -3.48. The van der Waals surface area contributed by atoms with Crippen LogP contribution in [0.5, 0.6) is 0 Å². The standard InChI is InChI=1S/C20H18FN5O/c1-10-6-14(21)4-5-16(10)17-8-13-7-15(9-22-19(13)24-17)23-20(27)18-11(2)12(3)25-26-18/h4-9H,1-3H3,(H,22,24)(H,23,27)(H,25,26). The lowest BCUT2D eigenvalue weighted by molar-refractivity contribution is 0.102. The highest BCUT2D eigenvalue weighted by molar-refractivity contribution is 6.04. The van der Waals surface area contributed by atoms with Crippen molar-refractivity contribution in [3.05, 3.63) is 64.9 Å². The van der Waals surface area contributed by atoms with Gasteiger partial charge in [-0.2, -0.15) is 5.10 Å². The number of rotatable bonds is 3. The van der Waals surface area contributed by atoms with Crippen molar-refractivity contribution in [1.82, 2.24) is 20.2 Å². The average molecular weight is 363 g/mol. The van der Waals surface area contributed by atoms with E-state index in [2.05, 4.69) is 25.5 Å². The average Bonchev–Trinajstić information content (AvgIpc) is 3.18. The molecule has 1 amide bonds. The second kappa shape index (κ2) is 6.35. The molecular weight excluding hydrogens is 345 g/mol. The number of hydrogen-bond donors (Lipinski definition) is 3. The molecule has 0 saturated carbocycles. The number of hydrogen-bond acceptors (Lipinski definition) is 3. The Morgan fingerprint density at radius 1 is 1.15 bits per heavy atom.